The number of nitrogens with zero attached hydrogens (tertiary/aromatic N) is 3. The molecule has 1 rings (SSSR count). The molecule has 0 aliphatic heterocycles. The molecule has 1 aromatic rings. The molecule has 1 atom stereocenters. The quantitative estimate of drug-likeness (QED) is 0.556. The van der Waals surface area contributed by atoms with Crippen LogP contribution in [0.2, 0.25) is 0 Å². The minimum Gasteiger partial charge on any atom is -0.308 e. The molecule has 3 N–H and O–H groups in total. The van der Waals surface area contributed by atoms with Gasteiger partial charge in [-0.1, -0.05) is 0 Å². The molecule has 18 heavy (non-hydrogen) atoms. The van der Waals surface area contributed by atoms with Crippen LogP contribution in [0.4, 0.5) is 0 Å². The summed E-state index contributed by atoms with van der Waals surface area (Å²) in [6.45, 7) is 1.83. The van der Waals surface area contributed by atoms with Gasteiger partial charge in [-0.2, -0.15) is 16.9 Å². The molecule has 0 saturated heterocycles. The number of likely N-dealkylation sites (N-methyl/N-ethyl adjacent to an activating group) is 1. The summed E-state index contributed by atoms with van der Waals surface area (Å²) in [6, 6.07) is 0.136. The van der Waals surface area contributed by atoms with E-state index in [4.69, 9.17) is 5.84 Å². The molecule has 1 unspecified atom stereocenters. The van der Waals surface area contributed by atoms with Crippen molar-refractivity contribution in [3.63, 3.8) is 0 Å². The van der Waals surface area contributed by atoms with Gasteiger partial charge in [0.25, 0.3) is 0 Å². The number of thioether (sulfide) groups is 1. The van der Waals surface area contributed by atoms with Gasteiger partial charge in [0.05, 0.1) is 29.0 Å². The third-order valence-corrected chi connectivity index (χ3v) is 3.99. The lowest BCUT2D eigenvalue weighted by molar-refractivity contribution is 0.361. The number of rotatable bonds is 8. The van der Waals surface area contributed by atoms with Crippen LogP contribution in [0.15, 0.2) is 10.7 Å². The zero-order chi connectivity index (χ0) is 13.5. The molecule has 0 aromatic carbocycles. The van der Waals surface area contributed by atoms with Crippen LogP contribution in [0, 0.1) is 0 Å². The fourth-order valence-corrected chi connectivity index (χ4v) is 2.77. The predicted molar refractivity (Wildman–Crippen MR) is 81.5 cm³/mol. The number of hydrazine groups is 1. The van der Waals surface area contributed by atoms with Crippen LogP contribution in [0.1, 0.15) is 18.2 Å². The Morgan fingerprint density at radius 2 is 2.33 bits per heavy atom. The van der Waals surface area contributed by atoms with Gasteiger partial charge in [0, 0.05) is 6.54 Å². The molecule has 0 amide bonds. The molecule has 5 nitrogen and oxygen atoms in total. The first-order chi connectivity index (χ1) is 8.60. The minimum absolute atomic E-state index is 0.136. The molecule has 0 fully saturated rings. The van der Waals surface area contributed by atoms with Crippen molar-refractivity contribution >= 4 is 27.7 Å². The summed E-state index contributed by atoms with van der Waals surface area (Å²) in [5, 5.41) is 4.41. The van der Waals surface area contributed by atoms with Crippen LogP contribution in [-0.2, 0) is 6.54 Å². The van der Waals surface area contributed by atoms with Gasteiger partial charge in [-0.25, -0.2) is 0 Å². The first-order valence-electron chi connectivity index (χ1n) is 5.91. The number of hydrogen-bond acceptors (Lipinski definition) is 5. The van der Waals surface area contributed by atoms with Crippen molar-refractivity contribution in [1.29, 1.82) is 0 Å². The van der Waals surface area contributed by atoms with E-state index in [2.05, 4.69) is 51.7 Å². The Morgan fingerprint density at radius 1 is 1.61 bits per heavy atom. The highest BCUT2D eigenvalue weighted by molar-refractivity contribution is 9.10. The predicted octanol–water partition coefficient (Wildman–Crippen LogP) is 1.46. The zero-order valence-electron chi connectivity index (χ0n) is 11.2. The van der Waals surface area contributed by atoms with Crippen LogP contribution in [0.3, 0.4) is 0 Å². The molecule has 0 aliphatic rings. The summed E-state index contributed by atoms with van der Waals surface area (Å²) in [5.74, 6) is 6.74. The summed E-state index contributed by atoms with van der Waals surface area (Å²) in [4.78, 5) is 2.14. The summed E-state index contributed by atoms with van der Waals surface area (Å²) in [5.41, 5.74) is 4.02. The second kappa shape index (κ2) is 8.16. The number of halogens is 1. The van der Waals surface area contributed by atoms with Crippen molar-refractivity contribution in [3.8, 4) is 0 Å². The van der Waals surface area contributed by atoms with Crippen LogP contribution >= 0.6 is 27.7 Å². The summed E-state index contributed by atoms with van der Waals surface area (Å²) in [7, 11) is 4.12. The van der Waals surface area contributed by atoms with E-state index in [1.54, 1.807) is 0 Å². The Balaban J connectivity index is 2.80. The number of nitrogens with two attached hydrogens (primary N) is 1. The Bertz CT molecular complexity index is 355. The normalized spacial score (nSPS) is 13.2. The second-order valence-electron chi connectivity index (χ2n) is 4.40. The molecule has 104 valence electrons. The molecule has 0 bridgehead atoms. The van der Waals surface area contributed by atoms with Gasteiger partial charge < -0.3 is 4.90 Å². The molecule has 1 heterocycles. The molecule has 0 radical (unpaired) electrons. The third-order valence-electron chi connectivity index (χ3n) is 2.73. The van der Waals surface area contributed by atoms with E-state index in [1.165, 1.54) is 0 Å². The van der Waals surface area contributed by atoms with E-state index in [0.29, 0.717) is 0 Å². The average molecular weight is 336 g/mol. The average Bonchev–Trinajstić information content (AvgIpc) is 2.70. The standard InChI is InChI=1S/C11H22BrN5S/c1-16(2)5-6-17-11(9(12)8-14-17)10(15-13)4-7-18-3/h8,10,15H,4-7,13H2,1-3H3. The Kier molecular flexibility index (Phi) is 7.25. The second-order valence-corrected chi connectivity index (χ2v) is 6.24. The fourth-order valence-electron chi connectivity index (χ4n) is 1.73. The minimum atomic E-state index is 0.136. The Hall–Kier alpha value is -0.0800. The van der Waals surface area contributed by atoms with Gasteiger partial charge in [-0.05, 0) is 48.5 Å². The number of hydrogen-bond donors (Lipinski definition) is 2. The number of aromatic nitrogens is 2. The first-order valence-corrected chi connectivity index (χ1v) is 8.09. The molecule has 1 aromatic heterocycles. The van der Waals surface area contributed by atoms with Gasteiger partial charge in [0.2, 0.25) is 0 Å². The Morgan fingerprint density at radius 3 is 2.89 bits per heavy atom. The lowest BCUT2D eigenvalue weighted by atomic mass is 10.1. The highest BCUT2D eigenvalue weighted by Crippen LogP contribution is 2.26. The topological polar surface area (TPSA) is 59.1 Å². The first kappa shape index (κ1) is 16.0. The van der Waals surface area contributed by atoms with E-state index in [0.717, 1.165) is 35.4 Å². The molecule has 0 aliphatic carbocycles. The lowest BCUT2D eigenvalue weighted by Crippen LogP contribution is -2.31. The zero-order valence-corrected chi connectivity index (χ0v) is 13.6. The van der Waals surface area contributed by atoms with Crippen molar-refractivity contribution in [1.82, 2.24) is 20.1 Å². The van der Waals surface area contributed by atoms with Gasteiger partial charge in [0.15, 0.2) is 0 Å². The maximum Gasteiger partial charge on any atom is 0.0710 e. The van der Waals surface area contributed by atoms with E-state index in [-0.39, 0.29) is 6.04 Å². The molecular weight excluding hydrogens is 314 g/mol. The van der Waals surface area contributed by atoms with Crippen LogP contribution < -0.4 is 11.3 Å². The van der Waals surface area contributed by atoms with E-state index in [9.17, 15) is 0 Å². The van der Waals surface area contributed by atoms with Crippen molar-refractivity contribution < 1.29 is 0 Å². The van der Waals surface area contributed by atoms with Crippen molar-refractivity contribution in [3.05, 3.63) is 16.4 Å². The lowest BCUT2D eigenvalue weighted by Gasteiger charge is -2.19. The van der Waals surface area contributed by atoms with E-state index in [1.807, 2.05) is 22.6 Å². The van der Waals surface area contributed by atoms with E-state index >= 15 is 0 Å². The van der Waals surface area contributed by atoms with Crippen molar-refractivity contribution in [2.75, 3.05) is 32.6 Å². The van der Waals surface area contributed by atoms with Crippen LogP contribution in [-0.4, -0.2) is 47.3 Å². The van der Waals surface area contributed by atoms with Gasteiger partial charge in [-0.3, -0.25) is 16.0 Å². The Labute approximate surface area is 122 Å². The summed E-state index contributed by atoms with van der Waals surface area (Å²) < 4.78 is 3.04. The largest absolute Gasteiger partial charge is 0.308 e. The molecule has 7 heteroatoms. The molecule has 0 saturated carbocycles. The summed E-state index contributed by atoms with van der Waals surface area (Å²) >= 11 is 5.38. The molecule has 0 spiro atoms. The number of nitrogens with one attached hydrogen (secondary N) is 1. The van der Waals surface area contributed by atoms with Gasteiger partial charge >= 0.3 is 0 Å². The highest BCUT2D eigenvalue weighted by atomic mass is 79.9. The van der Waals surface area contributed by atoms with Gasteiger partial charge in [0.1, 0.15) is 0 Å². The van der Waals surface area contributed by atoms with Crippen molar-refractivity contribution in [2.24, 2.45) is 5.84 Å². The molecular formula is C11H22BrN5S. The SMILES string of the molecule is CSCCC(NN)c1c(Br)cnn1CCN(C)C. The van der Waals surface area contributed by atoms with E-state index < -0.39 is 0 Å². The van der Waals surface area contributed by atoms with Crippen molar-refractivity contribution in [2.45, 2.75) is 19.0 Å². The third kappa shape index (κ3) is 4.55. The smallest absolute Gasteiger partial charge is 0.0710 e. The van der Waals surface area contributed by atoms with Crippen LogP contribution in [0.25, 0.3) is 0 Å². The fraction of sp³-hybridized carbons (Fsp3) is 0.727. The van der Waals surface area contributed by atoms with Crippen LogP contribution in [0.5, 0.6) is 0 Å². The maximum atomic E-state index is 5.67. The monoisotopic (exact) mass is 335 g/mol. The summed E-state index contributed by atoms with van der Waals surface area (Å²) in [6.07, 6.45) is 4.93. The highest BCUT2D eigenvalue weighted by Gasteiger charge is 2.18. The maximum absolute atomic E-state index is 5.67. The van der Waals surface area contributed by atoms with Gasteiger partial charge in [-0.15, -0.1) is 0 Å².